The predicted octanol–water partition coefficient (Wildman–Crippen LogP) is 0.257. The van der Waals surface area contributed by atoms with Crippen LogP contribution >= 0.6 is 0 Å². The fourth-order valence-electron chi connectivity index (χ4n) is 0.724. The van der Waals surface area contributed by atoms with Crippen molar-refractivity contribution in [2.45, 2.75) is 25.0 Å². The summed E-state index contributed by atoms with van der Waals surface area (Å²) in [5, 5.41) is 0. The van der Waals surface area contributed by atoms with Crippen LogP contribution in [0.2, 0.25) is 0 Å². The minimum absolute atomic E-state index is 0.0483. The molecule has 0 spiro atoms. The Kier molecular flexibility index (Phi) is 6.10. The summed E-state index contributed by atoms with van der Waals surface area (Å²) >= 11 is 0. The van der Waals surface area contributed by atoms with E-state index in [-0.39, 0.29) is 6.54 Å². The zero-order valence-corrected chi connectivity index (χ0v) is 7.99. The zero-order valence-electron chi connectivity index (χ0n) is 7.17. The molecule has 80 valence electrons. The van der Waals surface area contributed by atoms with Gasteiger partial charge in [-0.2, -0.15) is 8.78 Å². The Hall–Kier alpha value is -0.270. The van der Waals surface area contributed by atoms with Crippen molar-refractivity contribution in [3.05, 3.63) is 0 Å². The van der Waals surface area contributed by atoms with Gasteiger partial charge in [0, 0.05) is 6.54 Å². The maximum absolute atomic E-state index is 11.7. The van der Waals surface area contributed by atoms with E-state index in [4.69, 9.17) is 5.73 Å². The highest BCUT2D eigenvalue weighted by molar-refractivity contribution is 7.89. The first-order valence-corrected chi connectivity index (χ1v) is 5.52. The van der Waals surface area contributed by atoms with Crippen molar-refractivity contribution in [1.82, 2.24) is 4.72 Å². The largest absolute Gasteiger partial charge is 0.350 e. The minimum atomic E-state index is -4.40. The third kappa shape index (κ3) is 5.89. The Labute approximate surface area is 76.5 Å². The molecule has 0 amide bonds. The monoisotopic (exact) mass is 216 g/mol. The lowest BCUT2D eigenvalue weighted by Gasteiger charge is -2.04. The molecule has 0 saturated carbocycles. The quantitative estimate of drug-likeness (QED) is 0.599. The molecule has 0 fully saturated rings. The van der Waals surface area contributed by atoms with Gasteiger partial charge in [0.1, 0.15) is 0 Å². The number of nitrogens with two attached hydrogens (primary N) is 1. The lowest BCUT2D eigenvalue weighted by atomic mass is 10.2. The summed E-state index contributed by atoms with van der Waals surface area (Å²) in [4.78, 5) is 0. The van der Waals surface area contributed by atoms with Gasteiger partial charge in [0.2, 0.25) is 0 Å². The van der Waals surface area contributed by atoms with Gasteiger partial charge in [-0.1, -0.05) is 6.42 Å². The topological polar surface area (TPSA) is 72.2 Å². The van der Waals surface area contributed by atoms with Gasteiger partial charge in [-0.25, -0.2) is 13.1 Å². The maximum atomic E-state index is 11.7. The average Bonchev–Trinajstić information content (AvgIpc) is 2.03. The lowest BCUT2D eigenvalue weighted by molar-refractivity contribution is 0.232. The summed E-state index contributed by atoms with van der Waals surface area (Å²) in [6.07, 6.45) is 2.04. The molecule has 0 radical (unpaired) electrons. The van der Waals surface area contributed by atoms with E-state index in [0.717, 1.165) is 12.8 Å². The van der Waals surface area contributed by atoms with E-state index in [1.54, 1.807) is 4.72 Å². The van der Waals surface area contributed by atoms with Crippen molar-refractivity contribution in [2.24, 2.45) is 5.73 Å². The van der Waals surface area contributed by atoms with Crippen LogP contribution in [0.15, 0.2) is 0 Å². The van der Waals surface area contributed by atoms with Gasteiger partial charge < -0.3 is 5.73 Å². The van der Waals surface area contributed by atoms with Crippen LogP contribution in [0.4, 0.5) is 8.78 Å². The molecule has 0 heterocycles. The summed E-state index contributed by atoms with van der Waals surface area (Å²) < 4.78 is 46.2. The summed E-state index contributed by atoms with van der Waals surface area (Å²) in [6.45, 7) is 0.578. The van der Waals surface area contributed by atoms with Gasteiger partial charge in [-0.15, -0.1) is 0 Å². The molecule has 0 aliphatic heterocycles. The molecule has 0 aromatic heterocycles. The highest BCUT2D eigenvalue weighted by atomic mass is 32.2. The van der Waals surface area contributed by atoms with Crippen LogP contribution in [0, 0.1) is 0 Å². The van der Waals surface area contributed by atoms with E-state index in [1.807, 2.05) is 0 Å². The summed E-state index contributed by atoms with van der Waals surface area (Å²) in [6, 6.07) is 0. The first kappa shape index (κ1) is 12.7. The number of hydrogen-bond acceptors (Lipinski definition) is 3. The van der Waals surface area contributed by atoms with Crippen molar-refractivity contribution >= 4 is 10.0 Å². The summed E-state index contributed by atoms with van der Waals surface area (Å²) in [7, 11) is -4.40. The van der Waals surface area contributed by atoms with Crippen molar-refractivity contribution in [1.29, 1.82) is 0 Å². The van der Waals surface area contributed by atoms with Crippen LogP contribution in [0.5, 0.6) is 0 Å². The molecule has 0 atom stereocenters. The van der Waals surface area contributed by atoms with Gasteiger partial charge in [-0.3, -0.25) is 0 Å². The van der Waals surface area contributed by atoms with Crippen molar-refractivity contribution < 1.29 is 17.2 Å². The Morgan fingerprint density at radius 3 is 2.31 bits per heavy atom. The Morgan fingerprint density at radius 1 is 1.23 bits per heavy atom. The number of hydrogen-bond donors (Lipinski definition) is 2. The second kappa shape index (κ2) is 6.22. The van der Waals surface area contributed by atoms with Crippen LogP contribution in [-0.2, 0) is 10.0 Å². The smallest absolute Gasteiger partial charge is 0.330 e. The molecule has 0 aromatic rings. The molecular formula is C6H14F2N2O2S. The van der Waals surface area contributed by atoms with E-state index in [1.165, 1.54) is 0 Å². The van der Waals surface area contributed by atoms with E-state index in [9.17, 15) is 17.2 Å². The highest BCUT2D eigenvalue weighted by Crippen LogP contribution is 2.01. The second-order valence-corrected chi connectivity index (χ2v) is 4.28. The fourth-order valence-corrected chi connectivity index (χ4v) is 1.28. The molecule has 3 N–H and O–H groups in total. The minimum Gasteiger partial charge on any atom is -0.330 e. The molecule has 0 bridgehead atoms. The average molecular weight is 216 g/mol. The number of unbranched alkanes of at least 4 members (excludes halogenated alkanes) is 2. The third-order valence-electron chi connectivity index (χ3n) is 1.42. The van der Waals surface area contributed by atoms with Crippen LogP contribution in [0.25, 0.3) is 0 Å². The SMILES string of the molecule is NCCCCCNS(=O)(=O)C(F)F. The lowest BCUT2D eigenvalue weighted by Crippen LogP contribution is -2.30. The van der Waals surface area contributed by atoms with Crippen molar-refractivity contribution in [3.8, 4) is 0 Å². The molecular weight excluding hydrogens is 202 g/mol. The second-order valence-electron chi connectivity index (χ2n) is 2.55. The Morgan fingerprint density at radius 2 is 1.85 bits per heavy atom. The number of rotatable bonds is 7. The van der Waals surface area contributed by atoms with Crippen LogP contribution < -0.4 is 10.5 Å². The van der Waals surface area contributed by atoms with Gasteiger partial charge in [0.25, 0.3) is 10.0 Å². The molecule has 0 aromatic carbocycles. The van der Waals surface area contributed by atoms with E-state index in [2.05, 4.69) is 0 Å². The number of halogens is 2. The number of alkyl halides is 2. The first-order chi connectivity index (χ1) is 6.00. The molecule has 0 aliphatic rings. The van der Waals surface area contributed by atoms with E-state index < -0.39 is 15.8 Å². The zero-order chi connectivity index (χ0) is 10.3. The normalized spacial score (nSPS) is 12.3. The van der Waals surface area contributed by atoms with Crippen molar-refractivity contribution in [3.63, 3.8) is 0 Å². The third-order valence-corrected chi connectivity index (χ3v) is 2.49. The number of sulfonamides is 1. The van der Waals surface area contributed by atoms with Gasteiger partial charge in [0.05, 0.1) is 0 Å². The van der Waals surface area contributed by atoms with Crippen LogP contribution in [0.3, 0.4) is 0 Å². The van der Waals surface area contributed by atoms with E-state index in [0.29, 0.717) is 13.0 Å². The van der Waals surface area contributed by atoms with Gasteiger partial charge in [-0.05, 0) is 19.4 Å². The van der Waals surface area contributed by atoms with Crippen LogP contribution in [-0.4, -0.2) is 27.3 Å². The van der Waals surface area contributed by atoms with E-state index >= 15 is 0 Å². The summed E-state index contributed by atoms with van der Waals surface area (Å²) in [5.41, 5.74) is 5.19. The molecule has 4 nitrogen and oxygen atoms in total. The molecule has 0 rings (SSSR count). The van der Waals surface area contributed by atoms with Crippen LogP contribution in [0.1, 0.15) is 19.3 Å². The maximum Gasteiger partial charge on any atom is 0.350 e. The fraction of sp³-hybridized carbons (Fsp3) is 1.00. The summed E-state index contributed by atoms with van der Waals surface area (Å²) in [5.74, 6) is -3.35. The predicted molar refractivity (Wildman–Crippen MR) is 45.8 cm³/mol. The standard InChI is InChI=1S/C6H14F2N2O2S/c7-6(8)13(11,12)10-5-3-1-2-4-9/h6,10H,1-5,9H2. The molecule has 7 heteroatoms. The number of nitrogens with one attached hydrogen (secondary N) is 1. The van der Waals surface area contributed by atoms with Gasteiger partial charge >= 0.3 is 5.76 Å². The first-order valence-electron chi connectivity index (χ1n) is 3.97. The highest BCUT2D eigenvalue weighted by Gasteiger charge is 2.22. The van der Waals surface area contributed by atoms with Gasteiger partial charge in [0.15, 0.2) is 0 Å². The Bertz CT molecular complexity index is 219. The molecule has 0 unspecified atom stereocenters. The molecule has 0 aliphatic carbocycles. The van der Waals surface area contributed by atoms with Crippen molar-refractivity contribution in [2.75, 3.05) is 13.1 Å². The Balaban J connectivity index is 3.53. The molecule has 13 heavy (non-hydrogen) atoms. The molecule has 0 saturated heterocycles.